The molecule has 0 aliphatic rings. The van der Waals surface area contributed by atoms with E-state index in [1.807, 2.05) is 0 Å². The molecular weight excluding hydrogens is 244 g/mol. The van der Waals surface area contributed by atoms with Crippen LogP contribution in [0.1, 0.15) is 18.1 Å². The first-order valence-corrected chi connectivity index (χ1v) is 6.68. The van der Waals surface area contributed by atoms with E-state index >= 15 is 0 Å². The second kappa shape index (κ2) is 4.70. The average molecular weight is 258 g/mol. The lowest BCUT2D eigenvalue weighted by molar-refractivity contribution is -0.383. The van der Waals surface area contributed by atoms with Gasteiger partial charge in [-0.25, -0.2) is 8.42 Å². The first kappa shape index (κ1) is 13.4. The number of rotatable bonds is 4. The minimum absolute atomic E-state index is 0.0138. The molecule has 0 atom stereocenters. The zero-order chi connectivity index (χ0) is 13.2. The maximum Gasteiger partial charge on any atom is 0.293 e. The van der Waals surface area contributed by atoms with Gasteiger partial charge in [0.25, 0.3) is 5.69 Å². The van der Waals surface area contributed by atoms with E-state index in [-0.39, 0.29) is 17.1 Å². The lowest BCUT2D eigenvalue weighted by atomic mass is 10.1. The summed E-state index contributed by atoms with van der Waals surface area (Å²) in [7, 11) is -3.51. The van der Waals surface area contributed by atoms with Crippen LogP contribution in [0.25, 0.3) is 0 Å². The van der Waals surface area contributed by atoms with E-state index in [4.69, 9.17) is 0 Å². The molecule has 1 rings (SSSR count). The molecular formula is C10H14N2O4S. The van der Waals surface area contributed by atoms with Crippen LogP contribution in [0.3, 0.4) is 0 Å². The molecule has 1 N–H and O–H groups in total. The normalized spacial score (nSPS) is 11.2. The van der Waals surface area contributed by atoms with E-state index < -0.39 is 14.9 Å². The van der Waals surface area contributed by atoms with Crippen LogP contribution in [0.2, 0.25) is 0 Å². The smallest absolute Gasteiger partial charge is 0.277 e. The van der Waals surface area contributed by atoms with Gasteiger partial charge in [-0.2, -0.15) is 0 Å². The molecule has 0 aliphatic carbocycles. The number of aryl methyl sites for hydroxylation is 2. The number of hydrogen-bond donors (Lipinski definition) is 1. The van der Waals surface area contributed by atoms with Gasteiger partial charge in [-0.15, -0.1) is 0 Å². The van der Waals surface area contributed by atoms with Gasteiger partial charge in [-0.05, 0) is 38.0 Å². The number of anilines is 1. The standard InChI is InChI=1S/C10H14N2O4S/c1-4-17(15,16)11-9-5-7(2)8(3)6-10(9)12(13)14/h5-6,11H,4H2,1-3H3. The quantitative estimate of drug-likeness (QED) is 0.660. The first-order valence-electron chi connectivity index (χ1n) is 5.03. The van der Waals surface area contributed by atoms with Crippen LogP contribution in [0.15, 0.2) is 12.1 Å². The van der Waals surface area contributed by atoms with E-state index in [1.165, 1.54) is 19.1 Å². The minimum Gasteiger partial charge on any atom is -0.277 e. The van der Waals surface area contributed by atoms with Crippen LogP contribution in [-0.4, -0.2) is 19.1 Å². The highest BCUT2D eigenvalue weighted by molar-refractivity contribution is 7.92. The Morgan fingerprint density at radius 3 is 2.29 bits per heavy atom. The third kappa shape index (κ3) is 3.16. The molecule has 0 aliphatic heterocycles. The summed E-state index contributed by atoms with van der Waals surface area (Å²) in [6.45, 7) is 4.97. The topological polar surface area (TPSA) is 89.3 Å². The van der Waals surface area contributed by atoms with Crippen molar-refractivity contribution in [2.24, 2.45) is 0 Å². The minimum atomic E-state index is -3.51. The molecule has 0 saturated heterocycles. The number of sulfonamides is 1. The molecule has 0 amide bonds. The van der Waals surface area contributed by atoms with Crippen LogP contribution < -0.4 is 4.72 Å². The molecule has 1 aromatic carbocycles. The van der Waals surface area contributed by atoms with Crippen molar-refractivity contribution in [1.82, 2.24) is 0 Å². The molecule has 0 fully saturated rings. The van der Waals surface area contributed by atoms with Crippen LogP contribution >= 0.6 is 0 Å². The number of nitrogens with zero attached hydrogens (tertiary/aromatic N) is 1. The van der Waals surface area contributed by atoms with E-state index in [0.29, 0.717) is 0 Å². The molecule has 94 valence electrons. The predicted octanol–water partition coefficient (Wildman–Crippen LogP) is 1.97. The highest BCUT2D eigenvalue weighted by Gasteiger charge is 2.19. The van der Waals surface area contributed by atoms with Crippen molar-refractivity contribution < 1.29 is 13.3 Å². The van der Waals surface area contributed by atoms with E-state index in [9.17, 15) is 18.5 Å². The maximum atomic E-state index is 11.4. The molecule has 0 aromatic heterocycles. The number of hydrogen-bond acceptors (Lipinski definition) is 4. The third-order valence-electron chi connectivity index (χ3n) is 2.45. The Morgan fingerprint density at radius 1 is 1.29 bits per heavy atom. The Hall–Kier alpha value is -1.63. The molecule has 0 unspecified atom stereocenters. The zero-order valence-electron chi connectivity index (χ0n) is 9.85. The fraction of sp³-hybridized carbons (Fsp3) is 0.400. The molecule has 6 nitrogen and oxygen atoms in total. The summed E-state index contributed by atoms with van der Waals surface area (Å²) in [5.74, 6) is -0.128. The van der Waals surface area contributed by atoms with Crippen LogP contribution in [0.4, 0.5) is 11.4 Å². The number of nitro benzene ring substituents is 1. The zero-order valence-corrected chi connectivity index (χ0v) is 10.7. The summed E-state index contributed by atoms with van der Waals surface area (Å²) in [4.78, 5) is 10.2. The summed E-state index contributed by atoms with van der Waals surface area (Å²) in [6.07, 6.45) is 0. The summed E-state index contributed by atoms with van der Waals surface area (Å²) < 4.78 is 25.0. The van der Waals surface area contributed by atoms with Crippen molar-refractivity contribution in [2.75, 3.05) is 10.5 Å². The van der Waals surface area contributed by atoms with Crippen molar-refractivity contribution in [2.45, 2.75) is 20.8 Å². The van der Waals surface area contributed by atoms with Crippen molar-refractivity contribution >= 4 is 21.4 Å². The molecule has 0 heterocycles. The van der Waals surface area contributed by atoms with Gasteiger partial charge in [0.2, 0.25) is 10.0 Å². The fourth-order valence-electron chi connectivity index (χ4n) is 1.27. The summed E-state index contributed by atoms with van der Waals surface area (Å²) in [5.41, 5.74) is 1.32. The SMILES string of the molecule is CCS(=O)(=O)Nc1cc(C)c(C)cc1[N+](=O)[O-]. The highest BCUT2D eigenvalue weighted by Crippen LogP contribution is 2.28. The summed E-state index contributed by atoms with van der Waals surface area (Å²) >= 11 is 0. The third-order valence-corrected chi connectivity index (χ3v) is 3.75. The predicted molar refractivity (Wildman–Crippen MR) is 65.7 cm³/mol. The molecule has 1 aromatic rings. The Balaban J connectivity index is 3.32. The van der Waals surface area contributed by atoms with Gasteiger partial charge in [0.1, 0.15) is 5.69 Å². The number of nitrogens with one attached hydrogen (secondary N) is 1. The Labute approximate surface area is 99.9 Å². The fourth-order valence-corrected chi connectivity index (χ4v) is 1.92. The molecule has 17 heavy (non-hydrogen) atoms. The van der Waals surface area contributed by atoms with Gasteiger partial charge in [0.05, 0.1) is 10.7 Å². The Kier molecular flexibility index (Phi) is 3.72. The average Bonchev–Trinajstić information content (AvgIpc) is 2.22. The number of benzene rings is 1. The van der Waals surface area contributed by atoms with Crippen molar-refractivity contribution in [3.63, 3.8) is 0 Å². The molecule has 0 saturated carbocycles. The van der Waals surface area contributed by atoms with Crippen molar-refractivity contribution in [3.05, 3.63) is 33.4 Å². The second-order valence-electron chi connectivity index (χ2n) is 3.72. The van der Waals surface area contributed by atoms with Crippen molar-refractivity contribution in [1.29, 1.82) is 0 Å². The highest BCUT2D eigenvalue weighted by atomic mass is 32.2. The maximum absolute atomic E-state index is 11.4. The molecule has 0 spiro atoms. The molecule has 7 heteroatoms. The van der Waals surface area contributed by atoms with Crippen molar-refractivity contribution in [3.8, 4) is 0 Å². The van der Waals surface area contributed by atoms with Gasteiger partial charge < -0.3 is 0 Å². The van der Waals surface area contributed by atoms with E-state index in [1.54, 1.807) is 13.8 Å². The van der Waals surface area contributed by atoms with Crippen LogP contribution in [-0.2, 0) is 10.0 Å². The second-order valence-corrected chi connectivity index (χ2v) is 5.73. The first-order chi connectivity index (χ1) is 7.76. The molecule has 0 bridgehead atoms. The van der Waals surface area contributed by atoms with Gasteiger partial charge in [-0.1, -0.05) is 0 Å². The van der Waals surface area contributed by atoms with Crippen LogP contribution in [0.5, 0.6) is 0 Å². The van der Waals surface area contributed by atoms with Gasteiger partial charge >= 0.3 is 0 Å². The van der Waals surface area contributed by atoms with E-state index in [2.05, 4.69) is 4.72 Å². The monoisotopic (exact) mass is 258 g/mol. The largest absolute Gasteiger partial charge is 0.293 e. The summed E-state index contributed by atoms with van der Waals surface area (Å²) in [5, 5.41) is 10.8. The van der Waals surface area contributed by atoms with Crippen LogP contribution in [0, 0.1) is 24.0 Å². The lowest BCUT2D eigenvalue weighted by Crippen LogP contribution is -2.15. The lowest BCUT2D eigenvalue weighted by Gasteiger charge is -2.09. The summed E-state index contributed by atoms with van der Waals surface area (Å²) in [6, 6.07) is 2.84. The number of nitro groups is 1. The Morgan fingerprint density at radius 2 is 1.82 bits per heavy atom. The van der Waals surface area contributed by atoms with E-state index in [0.717, 1.165) is 11.1 Å². The van der Waals surface area contributed by atoms with Gasteiger partial charge in [0, 0.05) is 6.07 Å². The van der Waals surface area contributed by atoms with Gasteiger partial charge in [-0.3, -0.25) is 14.8 Å². The Bertz CT molecular complexity index is 552. The van der Waals surface area contributed by atoms with Gasteiger partial charge in [0.15, 0.2) is 0 Å². The molecule has 0 radical (unpaired) electrons.